The van der Waals surface area contributed by atoms with Gasteiger partial charge in [0.15, 0.2) is 0 Å². The highest BCUT2D eigenvalue weighted by Crippen LogP contribution is 2.37. The van der Waals surface area contributed by atoms with Crippen molar-refractivity contribution in [1.82, 2.24) is 10.6 Å². The number of methoxy groups -OCH3 is 1. The Morgan fingerprint density at radius 1 is 1.45 bits per heavy atom. The molecule has 1 fully saturated rings. The molecule has 1 aromatic rings. The molecular weight excluding hydrogens is 280 g/mol. The Bertz CT molecular complexity index is 506. The smallest absolute Gasteiger partial charge is 0.315 e. The van der Waals surface area contributed by atoms with Crippen molar-refractivity contribution >= 4 is 6.03 Å². The lowest BCUT2D eigenvalue weighted by molar-refractivity contribution is 0.121. The third kappa shape index (κ3) is 4.21. The second-order valence-corrected chi connectivity index (χ2v) is 6.34. The van der Waals surface area contributed by atoms with Crippen molar-refractivity contribution in [3.05, 3.63) is 35.4 Å². The largest absolute Gasteiger partial charge is 0.396 e. The Kier molecular flexibility index (Phi) is 5.80. The molecule has 1 aliphatic carbocycles. The third-order valence-corrected chi connectivity index (χ3v) is 4.50. The number of hydrogen-bond acceptors (Lipinski definition) is 3. The number of aliphatic hydroxyl groups is 1. The summed E-state index contributed by atoms with van der Waals surface area (Å²) in [7, 11) is 1.66. The molecule has 1 saturated carbocycles. The SMILES string of the molecule is COCc1cccc(CNC(=O)NC2CCCC2(C)CO)c1. The van der Waals surface area contributed by atoms with E-state index in [9.17, 15) is 9.90 Å². The molecule has 122 valence electrons. The van der Waals surface area contributed by atoms with Gasteiger partial charge in [-0.15, -0.1) is 0 Å². The van der Waals surface area contributed by atoms with Crippen LogP contribution in [0.25, 0.3) is 0 Å². The highest BCUT2D eigenvalue weighted by Gasteiger charge is 2.39. The Balaban J connectivity index is 1.84. The number of urea groups is 1. The fourth-order valence-electron chi connectivity index (χ4n) is 3.06. The highest BCUT2D eigenvalue weighted by atomic mass is 16.5. The van der Waals surface area contributed by atoms with Gasteiger partial charge in [-0.25, -0.2) is 4.79 Å². The Hall–Kier alpha value is -1.59. The van der Waals surface area contributed by atoms with E-state index in [1.807, 2.05) is 31.2 Å². The van der Waals surface area contributed by atoms with Gasteiger partial charge in [-0.3, -0.25) is 0 Å². The summed E-state index contributed by atoms with van der Waals surface area (Å²) in [4.78, 5) is 12.1. The predicted octanol–water partition coefficient (Wildman–Crippen LogP) is 2.18. The standard InChI is InChI=1S/C17H26N2O3/c1-17(12-20)8-4-7-15(17)19-16(21)18-10-13-5-3-6-14(9-13)11-22-2/h3,5-6,9,15,20H,4,7-8,10-12H2,1-2H3,(H2,18,19,21). The van der Waals surface area contributed by atoms with Crippen molar-refractivity contribution in [2.75, 3.05) is 13.7 Å². The second kappa shape index (κ2) is 7.61. The van der Waals surface area contributed by atoms with Crippen molar-refractivity contribution in [2.45, 2.75) is 45.4 Å². The average molecular weight is 306 g/mol. The number of carbonyl (C=O) groups is 1. The van der Waals surface area contributed by atoms with Crippen molar-refractivity contribution in [3.8, 4) is 0 Å². The number of benzene rings is 1. The quantitative estimate of drug-likeness (QED) is 0.754. The Morgan fingerprint density at radius 2 is 2.23 bits per heavy atom. The molecule has 0 aromatic heterocycles. The lowest BCUT2D eigenvalue weighted by Gasteiger charge is -2.30. The van der Waals surface area contributed by atoms with Crippen LogP contribution in [0.3, 0.4) is 0 Å². The summed E-state index contributed by atoms with van der Waals surface area (Å²) in [6.07, 6.45) is 2.92. The van der Waals surface area contributed by atoms with Gasteiger partial charge in [-0.05, 0) is 24.0 Å². The number of carbonyl (C=O) groups excluding carboxylic acids is 1. The predicted molar refractivity (Wildman–Crippen MR) is 85.4 cm³/mol. The molecule has 5 nitrogen and oxygen atoms in total. The van der Waals surface area contributed by atoms with Gasteiger partial charge in [0.1, 0.15) is 0 Å². The zero-order chi connectivity index (χ0) is 16.0. The number of nitrogens with one attached hydrogen (secondary N) is 2. The van der Waals surface area contributed by atoms with Crippen LogP contribution in [0.5, 0.6) is 0 Å². The van der Waals surface area contributed by atoms with E-state index < -0.39 is 0 Å². The fraction of sp³-hybridized carbons (Fsp3) is 0.588. The first-order valence-electron chi connectivity index (χ1n) is 7.79. The van der Waals surface area contributed by atoms with Crippen LogP contribution in [0, 0.1) is 5.41 Å². The molecule has 2 atom stereocenters. The molecule has 0 saturated heterocycles. The summed E-state index contributed by atoms with van der Waals surface area (Å²) in [6.45, 7) is 3.18. The van der Waals surface area contributed by atoms with Crippen LogP contribution in [0.1, 0.15) is 37.3 Å². The number of amides is 2. The minimum atomic E-state index is -0.199. The van der Waals surface area contributed by atoms with Gasteiger partial charge in [0.25, 0.3) is 0 Å². The average Bonchev–Trinajstić information content (AvgIpc) is 2.88. The van der Waals surface area contributed by atoms with Crippen LogP contribution in [0.2, 0.25) is 0 Å². The van der Waals surface area contributed by atoms with E-state index in [1.54, 1.807) is 7.11 Å². The third-order valence-electron chi connectivity index (χ3n) is 4.50. The second-order valence-electron chi connectivity index (χ2n) is 6.34. The molecule has 5 heteroatoms. The van der Waals surface area contributed by atoms with Crippen LogP contribution in [0.4, 0.5) is 4.79 Å². The minimum Gasteiger partial charge on any atom is -0.396 e. The van der Waals surface area contributed by atoms with E-state index >= 15 is 0 Å². The molecule has 22 heavy (non-hydrogen) atoms. The highest BCUT2D eigenvalue weighted by molar-refractivity contribution is 5.74. The molecule has 2 unspecified atom stereocenters. The molecule has 0 bridgehead atoms. The van der Waals surface area contributed by atoms with E-state index in [2.05, 4.69) is 10.6 Å². The molecule has 2 amide bonds. The van der Waals surface area contributed by atoms with Gasteiger partial charge in [0.05, 0.1) is 13.2 Å². The Morgan fingerprint density at radius 3 is 2.95 bits per heavy atom. The van der Waals surface area contributed by atoms with Crippen LogP contribution in [-0.2, 0) is 17.9 Å². The first kappa shape index (κ1) is 16.8. The zero-order valence-corrected chi connectivity index (χ0v) is 13.4. The van der Waals surface area contributed by atoms with Gasteiger partial charge in [-0.1, -0.05) is 37.6 Å². The van der Waals surface area contributed by atoms with Crippen molar-refractivity contribution in [2.24, 2.45) is 5.41 Å². The monoisotopic (exact) mass is 306 g/mol. The Labute approximate surface area is 132 Å². The van der Waals surface area contributed by atoms with E-state index in [0.29, 0.717) is 13.2 Å². The summed E-state index contributed by atoms with van der Waals surface area (Å²) in [6, 6.07) is 7.83. The number of aliphatic hydroxyl groups excluding tert-OH is 1. The lowest BCUT2D eigenvalue weighted by Crippen LogP contribution is -2.48. The molecule has 3 N–H and O–H groups in total. The molecule has 2 rings (SSSR count). The number of ether oxygens (including phenoxy) is 1. The molecule has 1 aromatic carbocycles. The number of hydrogen-bond donors (Lipinski definition) is 3. The maximum atomic E-state index is 12.1. The molecule has 0 heterocycles. The molecule has 1 aliphatic rings. The van der Waals surface area contributed by atoms with E-state index in [1.165, 1.54) is 0 Å². The van der Waals surface area contributed by atoms with E-state index in [4.69, 9.17) is 4.74 Å². The van der Waals surface area contributed by atoms with Gasteiger partial charge in [0.2, 0.25) is 0 Å². The van der Waals surface area contributed by atoms with Gasteiger partial charge >= 0.3 is 6.03 Å². The zero-order valence-electron chi connectivity index (χ0n) is 13.4. The van der Waals surface area contributed by atoms with E-state index in [-0.39, 0.29) is 24.1 Å². The van der Waals surface area contributed by atoms with Crippen molar-refractivity contribution in [1.29, 1.82) is 0 Å². The summed E-state index contributed by atoms with van der Waals surface area (Å²) in [5.41, 5.74) is 1.93. The van der Waals surface area contributed by atoms with Gasteiger partial charge in [0, 0.05) is 25.1 Å². The van der Waals surface area contributed by atoms with Gasteiger partial charge < -0.3 is 20.5 Å². The normalized spacial score (nSPS) is 24.2. The molecule has 0 spiro atoms. The summed E-state index contributed by atoms with van der Waals surface area (Å²) in [5.74, 6) is 0. The van der Waals surface area contributed by atoms with Gasteiger partial charge in [-0.2, -0.15) is 0 Å². The number of rotatable bonds is 6. The first-order valence-corrected chi connectivity index (χ1v) is 7.79. The summed E-state index contributed by atoms with van der Waals surface area (Å²) < 4.78 is 5.11. The van der Waals surface area contributed by atoms with Crippen molar-refractivity contribution < 1.29 is 14.6 Å². The summed E-state index contributed by atoms with van der Waals surface area (Å²) in [5, 5.41) is 15.4. The van der Waals surface area contributed by atoms with Crippen LogP contribution < -0.4 is 10.6 Å². The topological polar surface area (TPSA) is 70.6 Å². The fourth-order valence-corrected chi connectivity index (χ4v) is 3.06. The molecule has 0 aliphatic heterocycles. The van der Waals surface area contributed by atoms with Crippen LogP contribution in [-0.4, -0.2) is 30.9 Å². The maximum Gasteiger partial charge on any atom is 0.315 e. The maximum absolute atomic E-state index is 12.1. The molecular formula is C17H26N2O3. The first-order chi connectivity index (χ1) is 10.6. The lowest BCUT2D eigenvalue weighted by atomic mass is 9.86. The summed E-state index contributed by atoms with van der Waals surface area (Å²) >= 11 is 0. The van der Waals surface area contributed by atoms with Crippen LogP contribution >= 0.6 is 0 Å². The van der Waals surface area contributed by atoms with E-state index in [0.717, 1.165) is 30.4 Å². The van der Waals surface area contributed by atoms with Crippen molar-refractivity contribution in [3.63, 3.8) is 0 Å². The molecule has 0 radical (unpaired) electrons. The minimum absolute atomic E-state index is 0.0392. The van der Waals surface area contributed by atoms with Crippen LogP contribution in [0.15, 0.2) is 24.3 Å².